The molecule has 0 N–H and O–H groups in total. The maximum Gasteiger partial charge on any atom is 0.490 e. The molecule has 2 rings (SSSR count). The topological polar surface area (TPSA) is 71.1 Å². The standard InChI is InChI=1S/C16H25BO6/c1-15(2)16(3,4)23-17(22-15)12-6-5-10-20-13(18)7-8-14(19)21-11-9-12/h6H,5,7-11H2,1-4H3/b12-6-. The average Bonchev–Trinajstić information content (AvgIpc) is 2.66. The molecule has 1 saturated heterocycles. The summed E-state index contributed by atoms with van der Waals surface area (Å²) in [5, 5.41) is 0. The molecule has 0 aromatic carbocycles. The second kappa shape index (κ2) is 7.05. The zero-order chi connectivity index (χ0) is 17.1. The fourth-order valence-electron chi connectivity index (χ4n) is 2.36. The molecule has 2 aliphatic rings. The first kappa shape index (κ1) is 18.0. The van der Waals surface area contributed by atoms with Gasteiger partial charge in [-0.1, -0.05) is 6.08 Å². The molecule has 128 valence electrons. The third-order valence-electron chi connectivity index (χ3n) is 4.53. The first-order valence-corrected chi connectivity index (χ1v) is 8.07. The molecule has 7 heteroatoms. The summed E-state index contributed by atoms with van der Waals surface area (Å²) in [7, 11) is -0.475. The molecule has 0 unspecified atom stereocenters. The summed E-state index contributed by atoms with van der Waals surface area (Å²) in [5.74, 6) is -0.774. The predicted octanol–water partition coefficient (Wildman–Crippen LogP) is 2.20. The summed E-state index contributed by atoms with van der Waals surface area (Å²) in [6.07, 6.45) is 3.18. The van der Waals surface area contributed by atoms with Crippen LogP contribution in [0.2, 0.25) is 0 Å². The molecule has 0 radical (unpaired) electrons. The van der Waals surface area contributed by atoms with Gasteiger partial charge in [0.25, 0.3) is 0 Å². The highest BCUT2D eigenvalue weighted by Crippen LogP contribution is 2.39. The minimum Gasteiger partial charge on any atom is -0.465 e. The third kappa shape index (κ3) is 4.58. The fraction of sp³-hybridized carbons (Fsp3) is 0.750. The first-order chi connectivity index (χ1) is 10.7. The SMILES string of the molecule is CC1(C)OB(/C2=C\CCOC(=O)CCC(=O)OCC2)OC1(C)C. The lowest BCUT2D eigenvalue weighted by Crippen LogP contribution is -2.41. The minimum absolute atomic E-state index is 0.0500. The summed E-state index contributed by atoms with van der Waals surface area (Å²) < 4.78 is 22.3. The van der Waals surface area contributed by atoms with Gasteiger partial charge >= 0.3 is 19.1 Å². The van der Waals surface area contributed by atoms with Gasteiger partial charge in [0.2, 0.25) is 0 Å². The molecule has 0 aliphatic carbocycles. The van der Waals surface area contributed by atoms with Crippen LogP contribution in [0.5, 0.6) is 0 Å². The van der Waals surface area contributed by atoms with Gasteiger partial charge < -0.3 is 18.8 Å². The number of rotatable bonds is 1. The molecule has 0 bridgehead atoms. The Morgan fingerprint density at radius 1 is 0.870 bits per heavy atom. The lowest BCUT2D eigenvalue weighted by Gasteiger charge is -2.32. The zero-order valence-electron chi connectivity index (χ0n) is 14.3. The largest absolute Gasteiger partial charge is 0.490 e. The smallest absolute Gasteiger partial charge is 0.465 e. The summed E-state index contributed by atoms with van der Waals surface area (Å²) in [4.78, 5) is 23.0. The fourth-order valence-corrected chi connectivity index (χ4v) is 2.36. The van der Waals surface area contributed by atoms with Crippen LogP contribution in [0.1, 0.15) is 53.4 Å². The zero-order valence-corrected chi connectivity index (χ0v) is 14.3. The van der Waals surface area contributed by atoms with Gasteiger partial charge in [-0.15, -0.1) is 0 Å². The van der Waals surface area contributed by atoms with Gasteiger partial charge in [0, 0.05) is 0 Å². The summed E-state index contributed by atoms with van der Waals surface area (Å²) in [6.45, 7) is 8.51. The van der Waals surface area contributed by atoms with E-state index >= 15 is 0 Å². The van der Waals surface area contributed by atoms with Gasteiger partial charge in [0.1, 0.15) is 0 Å². The predicted molar refractivity (Wildman–Crippen MR) is 84.6 cm³/mol. The number of carbonyl (C=O) groups excluding carboxylic acids is 2. The number of hydrogen-bond acceptors (Lipinski definition) is 6. The van der Waals surface area contributed by atoms with Gasteiger partial charge in [-0.2, -0.15) is 0 Å². The van der Waals surface area contributed by atoms with Crippen molar-refractivity contribution >= 4 is 19.1 Å². The molecule has 1 fully saturated rings. The molecule has 0 aromatic heterocycles. The molecule has 0 spiro atoms. The Bertz CT molecular complexity index is 481. The molecular weight excluding hydrogens is 299 g/mol. The Kier molecular flexibility index (Phi) is 5.52. The molecule has 6 nitrogen and oxygen atoms in total. The average molecular weight is 324 g/mol. The molecular formula is C16H25BO6. The van der Waals surface area contributed by atoms with E-state index in [2.05, 4.69) is 0 Å². The van der Waals surface area contributed by atoms with E-state index in [1.807, 2.05) is 33.8 Å². The van der Waals surface area contributed by atoms with Crippen molar-refractivity contribution in [2.75, 3.05) is 13.2 Å². The Morgan fingerprint density at radius 2 is 1.39 bits per heavy atom. The number of esters is 2. The molecule has 2 aliphatic heterocycles. The maximum atomic E-state index is 11.6. The van der Waals surface area contributed by atoms with Crippen LogP contribution < -0.4 is 0 Å². The molecule has 2 heterocycles. The van der Waals surface area contributed by atoms with E-state index in [1.165, 1.54) is 0 Å². The van der Waals surface area contributed by atoms with Crippen molar-refractivity contribution in [2.45, 2.75) is 64.6 Å². The van der Waals surface area contributed by atoms with E-state index in [-0.39, 0.29) is 32.0 Å². The van der Waals surface area contributed by atoms with Crippen molar-refractivity contribution < 1.29 is 28.4 Å². The van der Waals surface area contributed by atoms with E-state index in [0.717, 1.165) is 5.47 Å². The highest BCUT2D eigenvalue weighted by Gasteiger charge is 2.52. The minimum atomic E-state index is -0.475. The van der Waals surface area contributed by atoms with Crippen LogP contribution in [0.3, 0.4) is 0 Å². The van der Waals surface area contributed by atoms with E-state index in [4.69, 9.17) is 18.8 Å². The number of carbonyl (C=O) groups is 2. The van der Waals surface area contributed by atoms with Crippen LogP contribution in [0.25, 0.3) is 0 Å². The molecule has 0 aromatic rings. The van der Waals surface area contributed by atoms with Gasteiger partial charge in [-0.05, 0) is 46.0 Å². The van der Waals surface area contributed by atoms with Crippen molar-refractivity contribution in [2.24, 2.45) is 0 Å². The van der Waals surface area contributed by atoms with E-state index in [9.17, 15) is 9.59 Å². The van der Waals surface area contributed by atoms with Crippen LogP contribution in [0.15, 0.2) is 11.5 Å². The second-order valence-corrected chi connectivity index (χ2v) is 6.85. The summed E-state index contributed by atoms with van der Waals surface area (Å²) in [6, 6.07) is 0. The maximum absolute atomic E-state index is 11.6. The number of cyclic esters (lactones) is 2. The number of ether oxygens (including phenoxy) is 2. The summed E-state index contributed by atoms with van der Waals surface area (Å²) in [5.41, 5.74) is 0.0597. The molecule has 23 heavy (non-hydrogen) atoms. The van der Waals surface area contributed by atoms with Gasteiger partial charge in [0.05, 0.1) is 37.3 Å². The second-order valence-electron chi connectivity index (χ2n) is 6.85. The van der Waals surface area contributed by atoms with Crippen LogP contribution in [-0.2, 0) is 28.4 Å². The van der Waals surface area contributed by atoms with Gasteiger partial charge in [-0.3, -0.25) is 9.59 Å². The lowest BCUT2D eigenvalue weighted by atomic mass is 9.75. The summed E-state index contributed by atoms with van der Waals surface area (Å²) >= 11 is 0. The van der Waals surface area contributed by atoms with Crippen molar-refractivity contribution in [3.05, 3.63) is 11.5 Å². The molecule has 0 amide bonds. The van der Waals surface area contributed by atoms with Gasteiger partial charge in [0.15, 0.2) is 0 Å². The van der Waals surface area contributed by atoms with Crippen molar-refractivity contribution in [3.63, 3.8) is 0 Å². The third-order valence-corrected chi connectivity index (χ3v) is 4.53. The van der Waals surface area contributed by atoms with E-state index in [0.29, 0.717) is 12.8 Å². The van der Waals surface area contributed by atoms with Crippen LogP contribution in [0, 0.1) is 0 Å². The van der Waals surface area contributed by atoms with Crippen molar-refractivity contribution in [1.82, 2.24) is 0 Å². The first-order valence-electron chi connectivity index (χ1n) is 8.07. The van der Waals surface area contributed by atoms with Gasteiger partial charge in [-0.25, -0.2) is 0 Å². The van der Waals surface area contributed by atoms with E-state index in [1.54, 1.807) is 0 Å². The van der Waals surface area contributed by atoms with Crippen LogP contribution >= 0.6 is 0 Å². The highest BCUT2D eigenvalue weighted by atomic mass is 16.7. The highest BCUT2D eigenvalue weighted by molar-refractivity contribution is 6.54. The van der Waals surface area contributed by atoms with Crippen molar-refractivity contribution in [3.8, 4) is 0 Å². The van der Waals surface area contributed by atoms with Crippen LogP contribution in [-0.4, -0.2) is 43.5 Å². The lowest BCUT2D eigenvalue weighted by molar-refractivity contribution is -0.150. The van der Waals surface area contributed by atoms with Crippen LogP contribution in [0.4, 0.5) is 0 Å². The van der Waals surface area contributed by atoms with Crippen molar-refractivity contribution in [1.29, 1.82) is 0 Å². The monoisotopic (exact) mass is 324 g/mol. The Hall–Kier alpha value is -1.34. The quantitative estimate of drug-likeness (QED) is 0.544. The molecule has 0 atom stereocenters. The van der Waals surface area contributed by atoms with E-state index < -0.39 is 24.3 Å². The number of hydrogen-bond donors (Lipinski definition) is 0. The Balaban J connectivity index is 2.07. The molecule has 0 saturated carbocycles. The Labute approximate surface area is 137 Å². The normalized spacial score (nSPS) is 28.0. The Morgan fingerprint density at radius 3 is 1.96 bits per heavy atom.